The molecule has 1 aromatic carbocycles. The second-order valence-electron chi connectivity index (χ2n) is 3.36. The van der Waals surface area contributed by atoms with Gasteiger partial charge in [0, 0.05) is 16.6 Å². The van der Waals surface area contributed by atoms with Crippen LogP contribution in [-0.2, 0) is 16.1 Å². The summed E-state index contributed by atoms with van der Waals surface area (Å²) in [6, 6.07) is 7.72. The zero-order chi connectivity index (χ0) is 11.8. The van der Waals surface area contributed by atoms with Crippen LogP contribution in [0.1, 0.15) is 18.9 Å². The van der Waals surface area contributed by atoms with Gasteiger partial charge in [-0.2, -0.15) is 0 Å². The molecule has 0 aliphatic heterocycles. The van der Waals surface area contributed by atoms with E-state index in [4.69, 9.17) is 4.74 Å². The van der Waals surface area contributed by atoms with Gasteiger partial charge in [-0.25, -0.2) is 0 Å². The molecule has 1 rings (SSSR count). The quantitative estimate of drug-likeness (QED) is 0.645. The van der Waals surface area contributed by atoms with Crippen LogP contribution in [0.2, 0.25) is 0 Å². The Kier molecular flexibility index (Phi) is 6.11. The van der Waals surface area contributed by atoms with Gasteiger partial charge in [0.05, 0.1) is 6.42 Å². The van der Waals surface area contributed by atoms with E-state index >= 15 is 0 Å². The molecule has 0 saturated heterocycles. The molecule has 0 radical (unpaired) electrons. The Balaban J connectivity index is 2.29. The number of esters is 1. The van der Waals surface area contributed by atoms with Gasteiger partial charge in [0.15, 0.2) is 0 Å². The molecule has 0 aliphatic rings. The number of benzene rings is 1. The molecule has 3 nitrogen and oxygen atoms in total. The van der Waals surface area contributed by atoms with E-state index < -0.39 is 0 Å². The number of carbonyl (C=O) groups is 1. The van der Waals surface area contributed by atoms with Crippen LogP contribution in [0.25, 0.3) is 0 Å². The molecule has 0 fully saturated rings. The summed E-state index contributed by atoms with van der Waals surface area (Å²) in [4.78, 5) is 11.3. The molecule has 4 heteroatoms. The first-order valence-electron chi connectivity index (χ1n) is 5.33. The summed E-state index contributed by atoms with van der Waals surface area (Å²) in [5, 5.41) is 3.08. The van der Waals surface area contributed by atoms with Crippen LogP contribution in [0.15, 0.2) is 28.7 Å². The maximum atomic E-state index is 11.3. The van der Waals surface area contributed by atoms with Crippen molar-refractivity contribution in [2.75, 3.05) is 13.1 Å². The maximum absolute atomic E-state index is 11.3. The first-order valence-corrected chi connectivity index (χ1v) is 6.13. The normalized spacial score (nSPS) is 10.1. The Bertz CT molecular complexity index is 342. The molecule has 88 valence electrons. The number of nitrogens with one attached hydrogen (secondary N) is 1. The van der Waals surface area contributed by atoms with Crippen molar-refractivity contribution in [1.29, 1.82) is 0 Å². The molecule has 0 unspecified atom stereocenters. The fourth-order valence-electron chi connectivity index (χ4n) is 1.21. The maximum Gasteiger partial charge on any atom is 0.307 e. The average Bonchev–Trinajstić information content (AvgIpc) is 2.28. The summed E-state index contributed by atoms with van der Waals surface area (Å²) in [5.74, 6) is -0.170. The van der Waals surface area contributed by atoms with Crippen LogP contribution in [-0.4, -0.2) is 19.1 Å². The summed E-state index contributed by atoms with van der Waals surface area (Å²) >= 11 is 3.41. The predicted octanol–water partition coefficient (Wildman–Crippen LogP) is 2.49. The summed E-state index contributed by atoms with van der Waals surface area (Å²) in [6.45, 7) is 3.88. The van der Waals surface area contributed by atoms with E-state index in [9.17, 15) is 4.79 Å². The first kappa shape index (κ1) is 13.2. The summed E-state index contributed by atoms with van der Waals surface area (Å²) in [6.07, 6.45) is 0.415. The lowest BCUT2D eigenvalue weighted by Crippen LogP contribution is -2.18. The van der Waals surface area contributed by atoms with Gasteiger partial charge in [-0.15, -0.1) is 0 Å². The van der Waals surface area contributed by atoms with Crippen molar-refractivity contribution in [3.8, 4) is 0 Å². The molecule has 0 spiro atoms. The molecule has 0 atom stereocenters. The minimum absolute atomic E-state index is 0.170. The SMILES string of the molecule is CCNCCC(=O)OCc1ccccc1Br. The highest BCUT2D eigenvalue weighted by Crippen LogP contribution is 2.16. The third kappa shape index (κ3) is 4.77. The number of halogens is 1. The molecule has 1 aromatic rings. The van der Waals surface area contributed by atoms with Gasteiger partial charge in [0.2, 0.25) is 0 Å². The van der Waals surface area contributed by atoms with Crippen molar-refractivity contribution in [1.82, 2.24) is 5.32 Å². The topological polar surface area (TPSA) is 38.3 Å². The molecule has 0 heterocycles. The fourth-order valence-corrected chi connectivity index (χ4v) is 1.61. The minimum atomic E-state index is -0.170. The molecule has 0 aliphatic carbocycles. The number of carbonyl (C=O) groups excluding carboxylic acids is 1. The third-order valence-electron chi connectivity index (χ3n) is 2.10. The summed E-state index contributed by atoms with van der Waals surface area (Å²) < 4.78 is 6.11. The summed E-state index contributed by atoms with van der Waals surface area (Å²) in [5.41, 5.74) is 0.985. The van der Waals surface area contributed by atoms with E-state index in [0.29, 0.717) is 19.6 Å². The molecular formula is C12H16BrNO2. The van der Waals surface area contributed by atoms with Gasteiger partial charge >= 0.3 is 5.97 Å². The van der Waals surface area contributed by atoms with Crippen molar-refractivity contribution in [3.05, 3.63) is 34.3 Å². The number of ether oxygens (including phenoxy) is 1. The highest BCUT2D eigenvalue weighted by Gasteiger charge is 2.04. The monoisotopic (exact) mass is 285 g/mol. The fraction of sp³-hybridized carbons (Fsp3) is 0.417. The second kappa shape index (κ2) is 7.41. The van der Waals surface area contributed by atoms with Crippen molar-refractivity contribution >= 4 is 21.9 Å². The molecule has 0 amide bonds. The molecule has 0 saturated carbocycles. The van der Waals surface area contributed by atoms with Crippen LogP contribution in [0.4, 0.5) is 0 Å². The summed E-state index contributed by atoms with van der Waals surface area (Å²) in [7, 11) is 0. The lowest BCUT2D eigenvalue weighted by atomic mass is 10.2. The van der Waals surface area contributed by atoms with E-state index in [1.807, 2.05) is 31.2 Å². The number of hydrogen-bond acceptors (Lipinski definition) is 3. The Morgan fingerprint density at radius 2 is 2.19 bits per heavy atom. The Morgan fingerprint density at radius 1 is 1.44 bits per heavy atom. The molecule has 1 N–H and O–H groups in total. The van der Waals surface area contributed by atoms with Crippen molar-refractivity contribution in [3.63, 3.8) is 0 Å². The third-order valence-corrected chi connectivity index (χ3v) is 2.88. The Labute approximate surface area is 104 Å². The van der Waals surface area contributed by atoms with Gasteiger partial charge in [-0.05, 0) is 12.6 Å². The largest absolute Gasteiger partial charge is 0.461 e. The van der Waals surface area contributed by atoms with Gasteiger partial charge in [0.1, 0.15) is 6.61 Å². The van der Waals surface area contributed by atoms with Gasteiger partial charge < -0.3 is 10.1 Å². The van der Waals surface area contributed by atoms with Gasteiger partial charge in [0.25, 0.3) is 0 Å². The van der Waals surface area contributed by atoms with Crippen molar-refractivity contribution in [2.24, 2.45) is 0 Å². The van der Waals surface area contributed by atoms with E-state index in [1.54, 1.807) is 0 Å². The molecule has 0 aromatic heterocycles. The zero-order valence-corrected chi connectivity index (χ0v) is 10.9. The highest BCUT2D eigenvalue weighted by atomic mass is 79.9. The van der Waals surface area contributed by atoms with E-state index in [1.165, 1.54) is 0 Å². The lowest BCUT2D eigenvalue weighted by molar-refractivity contribution is -0.144. The average molecular weight is 286 g/mol. The Hall–Kier alpha value is -0.870. The molecule has 0 bridgehead atoms. The van der Waals surface area contributed by atoms with E-state index in [2.05, 4.69) is 21.2 Å². The van der Waals surface area contributed by atoms with E-state index in [-0.39, 0.29) is 5.97 Å². The zero-order valence-electron chi connectivity index (χ0n) is 9.33. The van der Waals surface area contributed by atoms with Crippen LogP contribution >= 0.6 is 15.9 Å². The standard InChI is InChI=1S/C12H16BrNO2/c1-2-14-8-7-12(15)16-9-10-5-3-4-6-11(10)13/h3-6,14H,2,7-9H2,1H3. The van der Waals surface area contributed by atoms with Gasteiger partial charge in [-0.1, -0.05) is 41.1 Å². The van der Waals surface area contributed by atoms with Crippen LogP contribution < -0.4 is 5.32 Å². The first-order chi connectivity index (χ1) is 7.74. The van der Waals surface area contributed by atoms with Gasteiger partial charge in [-0.3, -0.25) is 4.79 Å². The molecule has 16 heavy (non-hydrogen) atoms. The van der Waals surface area contributed by atoms with Crippen molar-refractivity contribution in [2.45, 2.75) is 20.0 Å². The van der Waals surface area contributed by atoms with Crippen LogP contribution in [0, 0.1) is 0 Å². The Morgan fingerprint density at radius 3 is 2.88 bits per heavy atom. The number of rotatable bonds is 6. The minimum Gasteiger partial charge on any atom is -0.461 e. The highest BCUT2D eigenvalue weighted by molar-refractivity contribution is 9.10. The van der Waals surface area contributed by atoms with E-state index in [0.717, 1.165) is 16.6 Å². The van der Waals surface area contributed by atoms with Crippen molar-refractivity contribution < 1.29 is 9.53 Å². The smallest absolute Gasteiger partial charge is 0.307 e. The second-order valence-corrected chi connectivity index (χ2v) is 4.21. The predicted molar refractivity (Wildman–Crippen MR) is 67.1 cm³/mol. The van der Waals surface area contributed by atoms with Crippen LogP contribution in [0.3, 0.4) is 0 Å². The lowest BCUT2D eigenvalue weighted by Gasteiger charge is -2.06. The molecular weight excluding hydrogens is 270 g/mol. The number of hydrogen-bond donors (Lipinski definition) is 1. The van der Waals surface area contributed by atoms with Crippen LogP contribution in [0.5, 0.6) is 0 Å².